The van der Waals surface area contributed by atoms with Crippen LogP contribution < -0.4 is 14.4 Å². The zero-order chi connectivity index (χ0) is 29.6. The molecule has 4 aromatic rings. The molecule has 1 aliphatic rings. The average Bonchev–Trinajstić information content (AvgIpc) is 3.42. The number of halogens is 1. The fourth-order valence-corrected chi connectivity index (χ4v) is 4.70. The van der Waals surface area contributed by atoms with Gasteiger partial charge in [0.1, 0.15) is 18.0 Å². The van der Waals surface area contributed by atoms with Crippen LogP contribution in [0.15, 0.2) is 71.1 Å². The quantitative estimate of drug-likeness (QED) is 0.259. The second-order valence-corrected chi connectivity index (χ2v) is 9.65. The van der Waals surface area contributed by atoms with E-state index in [9.17, 15) is 14.4 Å². The summed E-state index contributed by atoms with van der Waals surface area (Å²) in [5, 5.41) is 8.37. The second-order valence-electron chi connectivity index (χ2n) is 9.24. The molecule has 0 spiro atoms. The van der Waals surface area contributed by atoms with Gasteiger partial charge in [-0.15, -0.1) is 10.2 Å². The average molecular weight is 591 g/mol. The van der Waals surface area contributed by atoms with Crippen molar-refractivity contribution in [1.29, 1.82) is 0 Å². The number of aromatic nitrogens is 2. The van der Waals surface area contributed by atoms with Crippen molar-refractivity contribution < 1.29 is 33.0 Å². The van der Waals surface area contributed by atoms with Crippen molar-refractivity contribution in [3.63, 3.8) is 0 Å². The van der Waals surface area contributed by atoms with Gasteiger partial charge in [-0.05, 0) is 55.0 Å². The van der Waals surface area contributed by atoms with E-state index in [1.807, 2.05) is 30.3 Å². The van der Waals surface area contributed by atoms with Crippen LogP contribution in [0.2, 0.25) is 5.02 Å². The van der Waals surface area contributed by atoms with Gasteiger partial charge in [-0.2, -0.15) is 0 Å². The van der Waals surface area contributed by atoms with Crippen molar-refractivity contribution in [3.05, 3.63) is 88.8 Å². The number of para-hydroxylation sites is 1. The number of anilines is 1. The molecular weight excluding hydrogens is 564 g/mol. The van der Waals surface area contributed by atoms with Crippen molar-refractivity contribution in [1.82, 2.24) is 15.1 Å². The normalized spacial score (nSPS) is 12.9. The number of esters is 1. The lowest BCUT2D eigenvalue weighted by molar-refractivity contribution is -0.145. The summed E-state index contributed by atoms with van der Waals surface area (Å²) in [6, 6.07) is 19.0. The van der Waals surface area contributed by atoms with Crippen LogP contribution in [-0.2, 0) is 27.4 Å². The molecule has 1 aromatic heterocycles. The van der Waals surface area contributed by atoms with E-state index in [1.165, 1.54) is 23.1 Å². The van der Waals surface area contributed by atoms with E-state index in [0.717, 1.165) is 5.56 Å². The minimum Gasteiger partial charge on any atom is -0.497 e. The van der Waals surface area contributed by atoms with Crippen LogP contribution in [0, 0.1) is 0 Å². The topological polar surface area (TPSA) is 124 Å². The van der Waals surface area contributed by atoms with E-state index in [-0.39, 0.29) is 55.2 Å². The smallest absolute Gasteiger partial charge is 0.344 e. The Bertz CT molecular complexity index is 1620. The maximum atomic E-state index is 13.7. The predicted molar refractivity (Wildman–Crippen MR) is 152 cm³/mol. The minimum atomic E-state index is -0.518. The monoisotopic (exact) mass is 590 g/mol. The third-order valence-corrected chi connectivity index (χ3v) is 6.79. The molecule has 0 unspecified atom stereocenters. The molecule has 0 fully saturated rings. The van der Waals surface area contributed by atoms with Gasteiger partial charge >= 0.3 is 5.97 Å². The highest BCUT2D eigenvalue weighted by Crippen LogP contribution is 2.31. The maximum absolute atomic E-state index is 13.7. The highest BCUT2D eigenvalue weighted by atomic mass is 35.5. The molecule has 1 aliphatic heterocycles. The Kier molecular flexibility index (Phi) is 8.68. The highest BCUT2D eigenvalue weighted by Gasteiger charge is 2.31. The van der Waals surface area contributed by atoms with Gasteiger partial charge in [0, 0.05) is 17.8 Å². The second kappa shape index (κ2) is 12.7. The fraction of sp³-hybridized carbons (Fsp3) is 0.233. The van der Waals surface area contributed by atoms with E-state index < -0.39 is 11.9 Å². The summed E-state index contributed by atoms with van der Waals surface area (Å²) in [5.74, 6) is 0.206. The number of ether oxygens (including phenoxy) is 3. The zero-order valence-corrected chi connectivity index (χ0v) is 23.7. The molecule has 3 aromatic carbocycles. The van der Waals surface area contributed by atoms with Crippen LogP contribution in [0.4, 0.5) is 5.69 Å². The Morgan fingerprint density at radius 1 is 1.00 bits per heavy atom. The Morgan fingerprint density at radius 2 is 1.83 bits per heavy atom. The summed E-state index contributed by atoms with van der Waals surface area (Å²) in [4.78, 5) is 41.7. The molecule has 0 N–H and O–H groups in total. The molecule has 12 heteroatoms. The maximum Gasteiger partial charge on any atom is 0.344 e. The Balaban J connectivity index is 1.34. The van der Waals surface area contributed by atoms with Crippen LogP contribution in [0.1, 0.15) is 28.7 Å². The molecular formula is C30H27ClN4O7. The molecule has 0 radical (unpaired) electrons. The van der Waals surface area contributed by atoms with Gasteiger partial charge in [0.2, 0.25) is 17.7 Å². The Labute approximate surface area is 246 Å². The summed E-state index contributed by atoms with van der Waals surface area (Å²) in [5.41, 5.74) is 2.21. The van der Waals surface area contributed by atoms with Crippen molar-refractivity contribution in [2.24, 2.45) is 0 Å². The first-order valence-corrected chi connectivity index (χ1v) is 13.5. The third-order valence-electron chi connectivity index (χ3n) is 6.48. The Hall–Kier alpha value is -4.90. The van der Waals surface area contributed by atoms with E-state index in [1.54, 1.807) is 37.1 Å². The summed E-state index contributed by atoms with van der Waals surface area (Å²) in [6.07, 6.45) is 0. The van der Waals surface area contributed by atoms with E-state index in [4.69, 9.17) is 30.2 Å². The van der Waals surface area contributed by atoms with Crippen molar-refractivity contribution in [2.75, 3.05) is 31.8 Å². The lowest BCUT2D eigenvalue weighted by Gasteiger charge is -2.23. The molecule has 0 bridgehead atoms. The van der Waals surface area contributed by atoms with Crippen molar-refractivity contribution in [3.8, 4) is 23.0 Å². The van der Waals surface area contributed by atoms with Crippen LogP contribution >= 0.6 is 11.6 Å². The summed E-state index contributed by atoms with van der Waals surface area (Å²) in [6.45, 7) is 1.70. The lowest BCUT2D eigenvalue weighted by atomic mass is 10.1. The molecule has 216 valence electrons. The van der Waals surface area contributed by atoms with Crippen LogP contribution in [0.5, 0.6) is 11.5 Å². The first kappa shape index (κ1) is 28.6. The highest BCUT2D eigenvalue weighted by molar-refractivity contribution is 6.34. The first-order valence-electron chi connectivity index (χ1n) is 13.1. The molecule has 0 atom stereocenters. The SMILES string of the molecule is CCOC(=O)COc1ccc(C(=O)N2CC(=O)N(Cc3nnc(-c4cccc(OC)c4)o3)Cc3ccccc32)c(Cl)c1. The van der Waals surface area contributed by atoms with E-state index in [2.05, 4.69) is 10.2 Å². The molecule has 5 rings (SSSR count). The fourth-order valence-electron chi connectivity index (χ4n) is 4.45. The van der Waals surface area contributed by atoms with Crippen molar-refractivity contribution in [2.45, 2.75) is 20.0 Å². The largest absolute Gasteiger partial charge is 0.497 e. The number of hydrogen-bond donors (Lipinski definition) is 0. The number of hydrogen-bond acceptors (Lipinski definition) is 9. The number of nitrogens with zero attached hydrogens (tertiary/aromatic N) is 4. The Morgan fingerprint density at radius 3 is 2.62 bits per heavy atom. The third kappa shape index (κ3) is 6.36. The van der Waals surface area contributed by atoms with Gasteiger partial charge in [0.25, 0.3) is 5.91 Å². The van der Waals surface area contributed by atoms with Gasteiger partial charge in [0.05, 0.1) is 30.8 Å². The summed E-state index contributed by atoms with van der Waals surface area (Å²) >= 11 is 6.46. The number of benzene rings is 3. The van der Waals surface area contributed by atoms with Gasteiger partial charge < -0.3 is 23.5 Å². The number of amides is 2. The first-order chi connectivity index (χ1) is 20.4. The van der Waals surface area contributed by atoms with Gasteiger partial charge in [-0.25, -0.2) is 4.79 Å². The number of rotatable bonds is 9. The van der Waals surface area contributed by atoms with Gasteiger partial charge in [-0.3, -0.25) is 14.5 Å². The molecule has 11 nitrogen and oxygen atoms in total. The predicted octanol–water partition coefficient (Wildman–Crippen LogP) is 4.53. The molecule has 2 heterocycles. The van der Waals surface area contributed by atoms with Gasteiger partial charge in [-0.1, -0.05) is 35.9 Å². The van der Waals surface area contributed by atoms with Crippen molar-refractivity contribution >= 4 is 35.1 Å². The molecule has 0 saturated carbocycles. The zero-order valence-electron chi connectivity index (χ0n) is 22.9. The molecule has 42 heavy (non-hydrogen) atoms. The summed E-state index contributed by atoms with van der Waals surface area (Å²) < 4.78 is 21.4. The van der Waals surface area contributed by atoms with E-state index in [0.29, 0.717) is 28.6 Å². The van der Waals surface area contributed by atoms with Crippen LogP contribution in [-0.4, -0.2) is 59.7 Å². The molecule has 0 saturated heterocycles. The number of carbonyl (C=O) groups excluding carboxylic acids is 3. The molecule has 2 amide bonds. The van der Waals surface area contributed by atoms with Crippen LogP contribution in [0.3, 0.4) is 0 Å². The standard InChI is InChI=1S/C30H27ClN4O7/c1-3-40-28(37)18-41-22-11-12-23(24(31)14-22)30(38)35-17-27(36)34(15-20-7-4-5-10-25(20)35)16-26-32-33-29(42-26)19-8-6-9-21(13-19)39-2/h4-14H,3,15-18H2,1-2H3. The minimum absolute atomic E-state index is 0.0550. The number of fused-ring (bicyclic) bond motifs is 1. The lowest BCUT2D eigenvalue weighted by Crippen LogP contribution is -2.40. The number of carbonyl (C=O) groups is 3. The van der Waals surface area contributed by atoms with E-state index >= 15 is 0 Å². The number of methoxy groups -OCH3 is 1. The van der Waals surface area contributed by atoms with Gasteiger partial charge in [0.15, 0.2) is 6.61 Å². The summed E-state index contributed by atoms with van der Waals surface area (Å²) in [7, 11) is 1.57. The molecule has 0 aliphatic carbocycles. The van der Waals surface area contributed by atoms with Crippen LogP contribution in [0.25, 0.3) is 11.5 Å².